The molecule has 1 aromatic carbocycles. The zero-order valence-electron chi connectivity index (χ0n) is 15.4. The Balaban J connectivity index is 1.46. The van der Waals surface area contributed by atoms with Gasteiger partial charge in [-0.2, -0.15) is 4.98 Å². The molecule has 3 aromatic rings. The quantitative estimate of drug-likeness (QED) is 0.637. The molecule has 146 valence electrons. The third kappa shape index (κ3) is 4.18. The molecule has 0 unspecified atom stereocenters. The standard InChI is InChI=1S/C20H17N5O4/c26-16(12-25-18(27)7-8-19(25)28)22-15-6-2-1-4-13(15)10-17-23-20(24-29-17)14-5-3-9-21-11-14/h1-6,9,11H,7-8,10,12H2,(H,22,26). The highest BCUT2D eigenvalue weighted by Crippen LogP contribution is 2.21. The lowest BCUT2D eigenvalue weighted by Crippen LogP contribution is -2.37. The normalized spacial score (nSPS) is 13.7. The first-order valence-corrected chi connectivity index (χ1v) is 9.04. The second-order valence-electron chi connectivity index (χ2n) is 6.51. The lowest BCUT2D eigenvalue weighted by molar-refractivity contribution is -0.141. The van der Waals surface area contributed by atoms with Crippen LogP contribution in [-0.2, 0) is 20.8 Å². The molecule has 0 spiro atoms. The van der Waals surface area contributed by atoms with Crippen molar-refractivity contribution in [1.82, 2.24) is 20.0 Å². The van der Waals surface area contributed by atoms with E-state index in [0.29, 0.717) is 23.8 Å². The van der Waals surface area contributed by atoms with E-state index >= 15 is 0 Å². The topological polar surface area (TPSA) is 118 Å². The summed E-state index contributed by atoms with van der Waals surface area (Å²) in [7, 11) is 0. The number of benzene rings is 1. The fourth-order valence-corrected chi connectivity index (χ4v) is 3.03. The van der Waals surface area contributed by atoms with Gasteiger partial charge in [-0.15, -0.1) is 0 Å². The van der Waals surface area contributed by atoms with Gasteiger partial charge in [0.25, 0.3) is 0 Å². The highest BCUT2D eigenvalue weighted by Gasteiger charge is 2.30. The Hall–Kier alpha value is -3.88. The number of carbonyl (C=O) groups excluding carboxylic acids is 3. The average molecular weight is 391 g/mol. The van der Waals surface area contributed by atoms with Gasteiger partial charge in [0, 0.05) is 36.5 Å². The number of imide groups is 1. The fourth-order valence-electron chi connectivity index (χ4n) is 3.03. The highest BCUT2D eigenvalue weighted by molar-refractivity contribution is 6.06. The van der Waals surface area contributed by atoms with Crippen molar-refractivity contribution in [3.05, 3.63) is 60.2 Å². The largest absolute Gasteiger partial charge is 0.339 e. The Morgan fingerprint density at radius 3 is 2.66 bits per heavy atom. The van der Waals surface area contributed by atoms with Crippen LogP contribution >= 0.6 is 0 Å². The minimum Gasteiger partial charge on any atom is -0.339 e. The maximum atomic E-state index is 12.3. The summed E-state index contributed by atoms with van der Waals surface area (Å²) in [5.74, 6) is -0.279. The van der Waals surface area contributed by atoms with Crippen LogP contribution in [0.5, 0.6) is 0 Å². The molecule has 2 aromatic heterocycles. The average Bonchev–Trinajstić information content (AvgIpc) is 3.32. The summed E-state index contributed by atoms with van der Waals surface area (Å²) in [6.07, 6.45) is 3.92. The van der Waals surface area contributed by atoms with E-state index in [0.717, 1.165) is 16.0 Å². The molecule has 1 fully saturated rings. The Kier molecular flexibility index (Phi) is 5.10. The summed E-state index contributed by atoms with van der Waals surface area (Å²) in [5, 5.41) is 6.72. The van der Waals surface area contributed by atoms with Crippen LogP contribution in [0.15, 0.2) is 53.3 Å². The lowest BCUT2D eigenvalue weighted by atomic mass is 10.1. The van der Waals surface area contributed by atoms with Gasteiger partial charge in [-0.25, -0.2) is 0 Å². The number of para-hydroxylation sites is 1. The van der Waals surface area contributed by atoms with E-state index in [9.17, 15) is 14.4 Å². The molecule has 3 heterocycles. The van der Waals surface area contributed by atoms with Crippen LogP contribution in [0.4, 0.5) is 5.69 Å². The van der Waals surface area contributed by atoms with Gasteiger partial charge in [0.2, 0.25) is 29.4 Å². The van der Waals surface area contributed by atoms with E-state index in [2.05, 4.69) is 20.4 Å². The molecular weight excluding hydrogens is 374 g/mol. The summed E-state index contributed by atoms with van der Waals surface area (Å²) in [5.41, 5.74) is 2.06. The first-order chi connectivity index (χ1) is 14.1. The van der Waals surface area contributed by atoms with Crippen LogP contribution in [0.2, 0.25) is 0 Å². The van der Waals surface area contributed by atoms with Crippen molar-refractivity contribution in [1.29, 1.82) is 0 Å². The van der Waals surface area contributed by atoms with Gasteiger partial charge in [0.1, 0.15) is 6.54 Å². The van der Waals surface area contributed by atoms with Gasteiger partial charge in [-0.3, -0.25) is 24.3 Å². The third-order valence-corrected chi connectivity index (χ3v) is 4.48. The maximum absolute atomic E-state index is 12.3. The molecule has 1 aliphatic heterocycles. The molecule has 29 heavy (non-hydrogen) atoms. The van der Waals surface area contributed by atoms with Crippen molar-refractivity contribution in [2.24, 2.45) is 0 Å². The molecule has 0 saturated carbocycles. The Morgan fingerprint density at radius 1 is 1.10 bits per heavy atom. The Morgan fingerprint density at radius 2 is 1.90 bits per heavy atom. The number of rotatable bonds is 6. The molecule has 0 bridgehead atoms. The summed E-state index contributed by atoms with van der Waals surface area (Å²) in [4.78, 5) is 45.1. The molecule has 1 N–H and O–H groups in total. The van der Waals surface area contributed by atoms with Gasteiger partial charge in [-0.05, 0) is 23.8 Å². The van der Waals surface area contributed by atoms with Gasteiger partial charge in [0.05, 0.1) is 6.42 Å². The minimum atomic E-state index is -0.442. The molecule has 9 heteroatoms. The van der Waals surface area contributed by atoms with Crippen LogP contribution in [0.1, 0.15) is 24.3 Å². The van der Waals surface area contributed by atoms with Gasteiger partial charge in [0.15, 0.2) is 0 Å². The minimum absolute atomic E-state index is 0.152. The first-order valence-electron chi connectivity index (χ1n) is 9.04. The predicted octanol–water partition coefficient (Wildman–Crippen LogP) is 1.81. The number of aromatic nitrogens is 3. The van der Waals surface area contributed by atoms with Gasteiger partial charge < -0.3 is 9.84 Å². The molecule has 0 radical (unpaired) electrons. The molecule has 0 aliphatic carbocycles. The smallest absolute Gasteiger partial charge is 0.244 e. The fraction of sp³-hybridized carbons (Fsp3) is 0.200. The van der Waals surface area contributed by atoms with E-state index < -0.39 is 5.91 Å². The number of nitrogens with one attached hydrogen (secondary N) is 1. The highest BCUT2D eigenvalue weighted by atomic mass is 16.5. The summed E-state index contributed by atoms with van der Waals surface area (Å²) in [6.45, 7) is -0.294. The number of nitrogens with zero attached hydrogens (tertiary/aromatic N) is 4. The number of pyridine rings is 1. The van der Waals surface area contributed by atoms with Crippen LogP contribution in [0, 0.1) is 0 Å². The van der Waals surface area contributed by atoms with Crippen LogP contribution < -0.4 is 5.32 Å². The van der Waals surface area contributed by atoms with Crippen LogP contribution in [0.3, 0.4) is 0 Å². The zero-order chi connectivity index (χ0) is 20.2. The summed E-state index contributed by atoms with van der Waals surface area (Å²) in [6, 6.07) is 10.8. The second kappa shape index (κ2) is 8.01. The molecule has 9 nitrogen and oxygen atoms in total. The molecule has 3 amide bonds. The van der Waals surface area contributed by atoms with Gasteiger partial charge >= 0.3 is 0 Å². The van der Waals surface area contributed by atoms with E-state index in [1.807, 2.05) is 18.2 Å². The van der Waals surface area contributed by atoms with Crippen LogP contribution in [0.25, 0.3) is 11.4 Å². The molecule has 4 rings (SSSR count). The SMILES string of the molecule is O=C(CN1C(=O)CCC1=O)Nc1ccccc1Cc1nc(-c2cccnc2)no1. The lowest BCUT2D eigenvalue weighted by Gasteiger charge is -2.14. The summed E-state index contributed by atoms with van der Waals surface area (Å²) < 4.78 is 5.32. The van der Waals surface area contributed by atoms with Crippen molar-refractivity contribution < 1.29 is 18.9 Å². The van der Waals surface area contributed by atoms with Crippen molar-refractivity contribution in [2.75, 3.05) is 11.9 Å². The zero-order valence-corrected chi connectivity index (χ0v) is 15.4. The number of carbonyl (C=O) groups is 3. The van der Waals surface area contributed by atoms with Gasteiger partial charge in [-0.1, -0.05) is 23.4 Å². The first kappa shape index (κ1) is 18.5. The number of hydrogen-bond acceptors (Lipinski definition) is 7. The van der Waals surface area contributed by atoms with Crippen molar-refractivity contribution in [2.45, 2.75) is 19.3 Å². The van der Waals surface area contributed by atoms with Crippen molar-refractivity contribution in [3.63, 3.8) is 0 Å². The Labute approximate surface area is 165 Å². The monoisotopic (exact) mass is 391 g/mol. The number of amides is 3. The Bertz CT molecular complexity index is 1050. The predicted molar refractivity (Wildman–Crippen MR) is 101 cm³/mol. The maximum Gasteiger partial charge on any atom is 0.244 e. The van der Waals surface area contributed by atoms with Crippen molar-refractivity contribution >= 4 is 23.4 Å². The second-order valence-corrected chi connectivity index (χ2v) is 6.51. The molecule has 1 aliphatic rings. The number of hydrogen-bond donors (Lipinski definition) is 1. The van der Waals surface area contributed by atoms with E-state index in [4.69, 9.17) is 4.52 Å². The van der Waals surface area contributed by atoms with Crippen molar-refractivity contribution in [3.8, 4) is 11.4 Å². The third-order valence-electron chi connectivity index (χ3n) is 4.48. The molecular formula is C20H17N5O4. The van der Waals surface area contributed by atoms with Crippen LogP contribution in [-0.4, -0.2) is 44.3 Å². The number of likely N-dealkylation sites (tertiary alicyclic amines) is 1. The molecule has 1 saturated heterocycles. The van der Waals surface area contributed by atoms with E-state index in [1.165, 1.54) is 0 Å². The van der Waals surface area contributed by atoms with E-state index in [1.54, 1.807) is 30.6 Å². The van der Waals surface area contributed by atoms with E-state index in [-0.39, 0.29) is 31.2 Å². The number of anilines is 1. The summed E-state index contributed by atoms with van der Waals surface area (Å²) >= 11 is 0. The molecule has 0 atom stereocenters.